The van der Waals surface area contributed by atoms with E-state index >= 15 is 0 Å². The summed E-state index contributed by atoms with van der Waals surface area (Å²) in [5.74, 6) is 0.579. The van der Waals surface area contributed by atoms with E-state index in [1.165, 1.54) is 11.8 Å². The number of ether oxygens (including phenoxy) is 1. The van der Waals surface area contributed by atoms with E-state index in [2.05, 4.69) is 5.16 Å². The lowest BCUT2D eigenvalue weighted by Crippen LogP contribution is -2.51. The van der Waals surface area contributed by atoms with E-state index < -0.39 is 17.2 Å². The summed E-state index contributed by atoms with van der Waals surface area (Å²) in [5.41, 5.74) is 1.73. The maximum atomic E-state index is 12.9. The van der Waals surface area contributed by atoms with Gasteiger partial charge in [0.2, 0.25) is 11.6 Å². The number of piperidine rings is 1. The maximum Gasteiger partial charge on any atom is 0.259 e. The first-order valence-corrected chi connectivity index (χ1v) is 10.9. The fourth-order valence-corrected chi connectivity index (χ4v) is 5.58. The summed E-state index contributed by atoms with van der Waals surface area (Å²) in [4.78, 5) is 40.1. The Hall–Kier alpha value is -2.87. The molecule has 1 saturated heterocycles. The van der Waals surface area contributed by atoms with Crippen molar-refractivity contribution in [1.29, 1.82) is 0 Å². The second-order valence-corrected chi connectivity index (χ2v) is 8.91. The average molecular weight is 424 g/mol. The molecule has 7 nitrogen and oxygen atoms in total. The van der Waals surface area contributed by atoms with Gasteiger partial charge < -0.3 is 14.2 Å². The number of nitrogens with zero attached hydrogens (tertiary/aromatic N) is 2. The topological polar surface area (TPSA) is 89.7 Å². The summed E-state index contributed by atoms with van der Waals surface area (Å²) < 4.78 is 11.6. The monoisotopic (exact) mass is 424 g/mol. The Bertz CT molecular complexity index is 1100. The van der Waals surface area contributed by atoms with E-state index in [0.29, 0.717) is 70.5 Å². The minimum Gasteiger partial charge on any atom is -0.484 e. The van der Waals surface area contributed by atoms with Crippen LogP contribution in [0, 0.1) is 13.8 Å². The van der Waals surface area contributed by atoms with Crippen molar-refractivity contribution in [3.05, 3.63) is 57.3 Å². The number of likely N-dealkylation sites (tertiary alicyclic amines) is 1. The van der Waals surface area contributed by atoms with Crippen molar-refractivity contribution < 1.29 is 23.6 Å². The number of aromatic nitrogens is 1. The minimum atomic E-state index is -0.491. The third-order valence-corrected chi connectivity index (χ3v) is 7.37. The van der Waals surface area contributed by atoms with Crippen molar-refractivity contribution >= 4 is 35.0 Å². The second-order valence-electron chi connectivity index (χ2n) is 7.93. The Morgan fingerprint density at radius 3 is 2.47 bits per heavy atom. The van der Waals surface area contributed by atoms with Gasteiger partial charge in [0.25, 0.3) is 5.91 Å². The van der Waals surface area contributed by atoms with Crippen molar-refractivity contribution in [1.82, 2.24) is 10.1 Å². The van der Waals surface area contributed by atoms with Gasteiger partial charge in [0.05, 0.1) is 5.69 Å². The van der Waals surface area contributed by atoms with Crippen LogP contribution in [-0.4, -0.2) is 52.0 Å². The summed E-state index contributed by atoms with van der Waals surface area (Å²) >= 11 is 1.40. The molecule has 0 radical (unpaired) electrons. The number of aryl methyl sites for hydroxylation is 2. The molecule has 1 aromatic heterocycles. The van der Waals surface area contributed by atoms with E-state index in [-0.39, 0.29) is 5.91 Å². The number of hydrogen-bond acceptors (Lipinski definition) is 7. The van der Waals surface area contributed by atoms with Gasteiger partial charge in [-0.05, 0) is 13.8 Å². The minimum absolute atomic E-state index is 0.0757. The van der Waals surface area contributed by atoms with Gasteiger partial charge in [-0.25, -0.2) is 0 Å². The first kappa shape index (κ1) is 19.1. The first-order chi connectivity index (χ1) is 14.4. The number of Topliss-reactive ketones (excluding diaryl/α,β-unsaturated/α-hetero) is 2. The van der Waals surface area contributed by atoms with Crippen LogP contribution >= 0.6 is 11.8 Å². The highest BCUT2D eigenvalue weighted by Crippen LogP contribution is 2.47. The van der Waals surface area contributed by atoms with E-state index in [4.69, 9.17) is 9.26 Å². The quantitative estimate of drug-likeness (QED) is 0.650. The Kier molecular flexibility index (Phi) is 4.36. The molecule has 30 heavy (non-hydrogen) atoms. The molecular weight excluding hydrogens is 404 g/mol. The van der Waals surface area contributed by atoms with Gasteiger partial charge in [0, 0.05) is 42.8 Å². The molecule has 154 valence electrons. The van der Waals surface area contributed by atoms with Crippen LogP contribution in [0.3, 0.4) is 0 Å². The molecule has 2 aliphatic heterocycles. The zero-order valence-electron chi connectivity index (χ0n) is 16.7. The number of amides is 1. The van der Waals surface area contributed by atoms with Crippen LogP contribution in [0.5, 0.6) is 0 Å². The molecule has 1 spiro atoms. The number of carbonyl (C=O) groups is 3. The molecule has 0 unspecified atom stereocenters. The van der Waals surface area contributed by atoms with Crippen LogP contribution in [0.25, 0.3) is 5.76 Å². The second kappa shape index (κ2) is 6.84. The van der Waals surface area contributed by atoms with E-state index in [1.807, 2.05) is 12.1 Å². The number of allylic oxidation sites excluding steroid dienone is 1. The molecule has 2 aromatic rings. The Labute approximate surface area is 177 Å². The van der Waals surface area contributed by atoms with Gasteiger partial charge >= 0.3 is 0 Å². The Morgan fingerprint density at radius 2 is 1.80 bits per heavy atom. The maximum absolute atomic E-state index is 12.9. The molecule has 1 amide bonds. The standard InChI is InChI=1S/C22H20N2O5S/c1-12-16(13(2)29-23-12)21(27)24-9-7-22(8-10-24)11-30-20-18(26)17(25)14-5-3-4-6-15(14)19(20)28-22/h3-6H,7-11H2,1-2H3. The van der Waals surface area contributed by atoms with Crippen LogP contribution in [0.15, 0.2) is 33.7 Å². The molecule has 1 aromatic carbocycles. The molecule has 0 N–H and O–H groups in total. The normalized spacial score (nSPS) is 20.1. The molecule has 1 aliphatic carbocycles. The van der Waals surface area contributed by atoms with Gasteiger partial charge in [0.1, 0.15) is 27.6 Å². The largest absolute Gasteiger partial charge is 0.484 e. The van der Waals surface area contributed by atoms with Crippen LogP contribution < -0.4 is 0 Å². The molecule has 0 atom stereocenters. The summed E-state index contributed by atoms with van der Waals surface area (Å²) in [5, 5.41) is 3.88. The van der Waals surface area contributed by atoms with Crippen LogP contribution in [0.1, 0.15) is 50.6 Å². The molecule has 5 rings (SSSR count). The van der Waals surface area contributed by atoms with E-state index in [9.17, 15) is 14.4 Å². The lowest BCUT2D eigenvalue weighted by molar-refractivity contribution is -0.111. The molecule has 3 heterocycles. The van der Waals surface area contributed by atoms with Gasteiger partial charge in [-0.3, -0.25) is 14.4 Å². The molecule has 0 saturated carbocycles. The number of ketones is 2. The highest BCUT2D eigenvalue weighted by molar-refractivity contribution is 8.04. The third kappa shape index (κ3) is 2.81. The number of thioether (sulfide) groups is 1. The Morgan fingerprint density at radius 1 is 1.10 bits per heavy atom. The summed E-state index contributed by atoms with van der Waals surface area (Å²) in [6.45, 7) is 4.59. The van der Waals surface area contributed by atoms with Gasteiger partial charge in [-0.15, -0.1) is 11.8 Å². The van der Waals surface area contributed by atoms with Crippen molar-refractivity contribution in [2.24, 2.45) is 0 Å². The molecule has 8 heteroatoms. The fraction of sp³-hybridized carbons (Fsp3) is 0.364. The molecular formula is C22H20N2O5S. The summed E-state index contributed by atoms with van der Waals surface area (Å²) in [6.07, 6.45) is 1.30. The highest BCUT2D eigenvalue weighted by Gasteiger charge is 2.46. The summed E-state index contributed by atoms with van der Waals surface area (Å²) in [6, 6.07) is 7.08. The van der Waals surface area contributed by atoms with Gasteiger partial charge in [-0.2, -0.15) is 0 Å². The van der Waals surface area contributed by atoms with Gasteiger partial charge in [0.15, 0.2) is 0 Å². The smallest absolute Gasteiger partial charge is 0.259 e. The van der Waals surface area contributed by atoms with E-state index in [1.54, 1.807) is 30.9 Å². The number of carbonyl (C=O) groups excluding carboxylic acids is 3. The number of hydrogen-bond donors (Lipinski definition) is 0. The molecule has 1 fully saturated rings. The number of benzene rings is 1. The highest BCUT2D eigenvalue weighted by atomic mass is 32.2. The van der Waals surface area contributed by atoms with Crippen LogP contribution in [-0.2, 0) is 9.53 Å². The lowest BCUT2D eigenvalue weighted by atomic mass is 9.89. The SMILES string of the molecule is Cc1noc(C)c1C(=O)N1CCC2(CC1)CSC1=C(O2)c2ccccc2C(=O)C1=O. The predicted octanol–water partition coefficient (Wildman–Crippen LogP) is 3.16. The summed E-state index contributed by atoms with van der Waals surface area (Å²) in [7, 11) is 0. The zero-order chi connectivity index (χ0) is 21.0. The predicted molar refractivity (Wildman–Crippen MR) is 110 cm³/mol. The van der Waals surface area contributed by atoms with Crippen molar-refractivity contribution in [3.8, 4) is 0 Å². The van der Waals surface area contributed by atoms with Crippen molar-refractivity contribution in [2.45, 2.75) is 32.3 Å². The molecule has 0 bridgehead atoms. The van der Waals surface area contributed by atoms with Crippen LogP contribution in [0.4, 0.5) is 0 Å². The van der Waals surface area contributed by atoms with Gasteiger partial charge in [-0.1, -0.05) is 29.4 Å². The number of fused-ring (bicyclic) bond motifs is 2. The average Bonchev–Trinajstić information content (AvgIpc) is 3.10. The Balaban J connectivity index is 1.38. The third-order valence-electron chi connectivity index (χ3n) is 6.04. The van der Waals surface area contributed by atoms with Crippen LogP contribution in [0.2, 0.25) is 0 Å². The van der Waals surface area contributed by atoms with Crippen molar-refractivity contribution in [2.75, 3.05) is 18.8 Å². The van der Waals surface area contributed by atoms with Crippen molar-refractivity contribution in [3.63, 3.8) is 0 Å². The number of rotatable bonds is 1. The molecule has 3 aliphatic rings. The lowest BCUT2D eigenvalue weighted by Gasteiger charge is -2.45. The fourth-order valence-electron chi connectivity index (χ4n) is 4.32. The van der Waals surface area contributed by atoms with E-state index in [0.717, 1.165) is 0 Å². The zero-order valence-corrected chi connectivity index (χ0v) is 17.5. The first-order valence-electron chi connectivity index (χ1n) is 9.87.